The molecule has 2 fully saturated rings. The molecule has 5 rings (SSSR count). The number of hydrogen-bond donors (Lipinski definition) is 0. The molecule has 3 aromatic heterocycles. The summed E-state index contributed by atoms with van der Waals surface area (Å²) in [5.41, 5.74) is 1.46. The van der Waals surface area contributed by atoms with Gasteiger partial charge in [0.2, 0.25) is 5.89 Å². The molecule has 0 spiro atoms. The summed E-state index contributed by atoms with van der Waals surface area (Å²) in [5.74, 6) is 2.36. The zero-order chi connectivity index (χ0) is 19.3. The molecule has 3 aromatic rings. The van der Waals surface area contributed by atoms with Gasteiger partial charge < -0.3 is 18.6 Å². The monoisotopic (exact) mass is 380 g/mol. The average Bonchev–Trinajstić information content (AvgIpc) is 3.30. The number of pyridine rings is 1. The fourth-order valence-electron chi connectivity index (χ4n) is 3.69. The molecule has 1 saturated carbocycles. The van der Waals surface area contributed by atoms with E-state index in [-0.39, 0.29) is 11.8 Å². The molecule has 8 nitrogen and oxygen atoms in total. The van der Waals surface area contributed by atoms with Crippen molar-refractivity contribution in [2.24, 2.45) is 0 Å². The molecule has 1 amide bonds. The van der Waals surface area contributed by atoms with Crippen molar-refractivity contribution in [2.45, 2.75) is 38.5 Å². The molecular weight excluding hydrogens is 356 g/mol. The zero-order valence-electron chi connectivity index (χ0n) is 16.2. The normalized spacial score (nSPS) is 17.7. The number of imidazole rings is 1. The Morgan fingerprint density at radius 2 is 1.93 bits per heavy atom. The molecule has 0 unspecified atom stereocenters. The first-order valence-corrected chi connectivity index (χ1v) is 9.96. The Morgan fingerprint density at radius 3 is 2.61 bits per heavy atom. The summed E-state index contributed by atoms with van der Waals surface area (Å²) in [6.45, 7) is 6.63. The van der Waals surface area contributed by atoms with Gasteiger partial charge in [-0.1, -0.05) is 25.0 Å². The SMILES string of the molecule is CC(C)c1nnc(N2CCN(C(=O)c3nc(C4CC4)n4ccccc34)CC2)o1. The molecule has 4 heterocycles. The van der Waals surface area contributed by atoms with Gasteiger partial charge in [0.1, 0.15) is 5.82 Å². The topological polar surface area (TPSA) is 79.8 Å². The van der Waals surface area contributed by atoms with Crippen molar-refractivity contribution in [1.29, 1.82) is 0 Å². The maximum absolute atomic E-state index is 13.2. The first-order valence-electron chi connectivity index (χ1n) is 9.96. The summed E-state index contributed by atoms with van der Waals surface area (Å²) in [4.78, 5) is 21.9. The number of carbonyl (C=O) groups excluding carboxylic acids is 1. The fourth-order valence-corrected chi connectivity index (χ4v) is 3.69. The third-order valence-corrected chi connectivity index (χ3v) is 5.48. The van der Waals surface area contributed by atoms with Crippen molar-refractivity contribution in [2.75, 3.05) is 31.1 Å². The fraction of sp³-hybridized carbons (Fsp3) is 0.500. The molecule has 28 heavy (non-hydrogen) atoms. The van der Waals surface area contributed by atoms with Crippen LogP contribution in [-0.4, -0.2) is 56.6 Å². The molecule has 1 aliphatic heterocycles. The van der Waals surface area contributed by atoms with E-state index in [1.165, 1.54) is 0 Å². The highest BCUT2D eigenvalue weighted by atomic mass is 16.4. The second-order valence-electron chi connectivity index (χ2n) is 7.91. The van der Waals surface area contributed by atoms with Gasteiger partial charge in [-0.3, -0.25) is 4.79 Å². The maximum Gasteiger partial charge on any atom is 0.318 e. The second kappa shape index (κ2) is 6.61. The van der Waals surface area contributed by atoms with Gasteiger partial charge in [0.15, 0.2) is 5.69 Å². The Balaban J connectivity index is 1.33. The number of anilines is 1. The third-order valence-electron chi connectivity index (χ3n) is 5.48. The number of hydrogen-bond acceptors (Lipinski definition) is 6. The Labute approximate surface area is 163 Å². The number of piperazine rings is 1. The van der Waals surface area contributed by atoms with Gasteiger partial charge in [0, 0.05) is 44.2 Å². The molecular formula is C20H24N6O2. The molecule has 0 N–H and O–H groups in total. The third kappa shape index (κ3) is 2.93. The van der Waals surface area contributed by atoms with E-state index < -0.39 is 0 Å². The van der Waals surface area contributed by atoms with E-state index in [9.17, 15) is 4.79 Å². The Hall–Kier alpha value is -2.90. The van der Waals surface area contributed by atoms with Gasteiger partial charge in [-0.05, 0) is 25.0 Å². The van der Waals surface area contributed by atoms with Gasteiger partial charge in [-0.15, -0.1) is 5.10 Å². The van der Waals surface area contributed by atoms with Crippen molar-refractivity contribution in [3.8, 4) is 0 Å². The first kappa shape index (κ1) is 17.2. The maximum atomic E-state index is 13.2. The lowest BCUT2D eigenvalue weighted by atomic mass is 10.2. The van der Waals surface area contributed by atoms with E-state index in [2.05, 4.69) is 14.6 Å². The highest BCUT2D eigenvalue weighted by Crippen LogP contribution is 2.40. The summed E-state index contributed by atoms with van der Waals surface area (Å²) in [5, 5.41) is 8.25. The molecule has 1 saturated heterocycles. The molecule has 0 atom stereocenters. The number of amides is 1. The van der Waals surface area contributed by atoms with Crippen LogP contribution in [0.4, 0.5) is 6.01 Å². The lowest BCUT2D eigenvalue weighted by Crippen LogP contribution is -2.49. The van der Waals surface area contributed by atoms with Crippen LogP contribution in [0.1, 0.15) is 60.7 Å². The van der Waals surface area contributed by atoms with Crippen molar-refractivity contribution in [3.63, 3.8) is 0 Å². The van der Waals surface area contributed by atoms with Crippen LogP contribution in [0.15, 0.2) is 28.8 Å². The molecule has 1 aliphatic carbocycles. The van der Waals surface area contributed by atoms with Gasteiger partial charge in [-0.25, -0.2) is 4.98 Å². The number of rotatable bonds is 4. The average molecular weight is 380 g/mol. The van der Waals surface area contributed by atoms with E-state index in [1.807, 2.05) is 48.0 Å². The predicted octanol–water partition coefficient (Wildman–Crippen LogP) is 2.68. The zero-order valence-corrected chi connectivity index (χ0v) is 16.2. The smallest absolute Gasteiger partial charge is 0.318 e. The van der Waals surface area contributed by atoms with Crippen LogP contribution in [-0.2, 0) is 0 Å². The van der Waals surface area contributed by atoms with Crippen molar-refractivity contribution in [1.82, 2.24) is 24.5 Å². The lowest BCUT2D eigenvalue weighted by molar-refractivity contribution is 0.0741. The van der Waals surface area contributed by atoms with E-state index in [4.69, 9.17) is 9.40 Å². The summed E-state index contributed by atoms with van der Waals surface area (Å²) >= 11 is 0. The van der Waals surface area contributed by atoms with Crippen molar-refractivity contribution >= 4 is 17.4 Å². The second-order valence-corrected chi connectivity index (χ2v) is 7.91. The summed E-state index contributed by atoms with van der Waals surface area (Å²) in [6, 6.07) is 6.47. The Bertz CT molecular complexity index is 1010. The van der Waals surface area contributed by atoms with E-state index in [0.29, 0.717) is 49.7 Å². The number of fused-ring (bicyclic) bond motifs is 1. The number of carbonyl (C=O) groups is 1. The largest absolute Gasteiger partial charge is 0.408 e. The van der Waals surface area contributed by atoms with Gasteiger partial charge >= 0.3 is 6.01 Å². The summed E-state index contributed by atoms with van der Waals surface area (Å²) < 4.78 is 7.82. The van der Waals surface area contributed by atoms with E-state index in [1.54, 1.807) is 0 Å². The summed E-state index contributed by atoms with van der Waals surface area (Å²) in [7, 11) is 0. The highest BCUT2D eigenvalue weighted by Gasteiger charge is 2.32. The molecule has 0 aromatic carbocycles. The van der Waals surface area contributed by atoms with Gasteiger partial charge in [0.25, 0.3) is 5.91 Å². The van der Waals surface area contributed by atoms with Crippen LogP contribution in [0.5, 0.6) is 0 Å². The van der Waals surface area contributed by atoms with Crippen LogP contribution < -0.4 is 4.90 Å². The van der Waals surface area contributed by atoms with Crippen LogP contribution in [0.25, 0.3) is 5.52 Å². The standard InChI is InChI=1S/C20H24N6O2/c1-13(2)18-22-23-20(28-18)25-11-9-24(10-12-25)19(27)16-15-5-3-4-8-26(15)17(21-16)14-6-7-14/h3-5,8,13-14H,6-7,9-12H2,1-2H3. The quantitative estimate of drug-likeness (QED) is 0.692. The number of aromatic nitrogens is 4. The first-order chi connectivity index (χ1) is 13.6. The summed E-state index contributed by atoms with van der Waals surface area (Å²) in [6.07, 6.45) is 4.32. The Morgan fingerprint density at radius 1 is 1.14 bits per heavy atom. The molecule has 0 bridgehead atoms. The lowest BCUT2D eigenvalue weighted by Gasteiger charge is -2.33. The van der Waals surface area contributed by atoms with Crippen molar-refractivity contribution < 1.29 is 9.21 Å². The predicted molar refractivity (Wildman–Crippen MR) is 104 cm³/mol. The molecule has 0 radical (unpaired) electrons. The molecule has 8 heteroatoms. The number of nitrogens with zero attached hydrogens (tertiary/aromatic N) is 6. The Kier molecular flexibility index (Phi) is 4.07. The highest BCUT2D eigenvalue weighted by molar-refractivity contribution is 5.99. The van der Waals surface area contributed by atoms with Gasteiger partial charge in [-0.2, -0.15) is 0 Å². The minimum Gasteiger partial charge on any atom is -0.408 e. The van der Waals surface area contributed by atoms with Crippen LogP contribution >= 0.6 is 0 Å². The van der Waals surface area contributed by atoms with Crippen LogP contribution in [0, 0.1) is 0 Å². The van der Waals surface area contributed by atoms with Gasteiger partial charge in [0.05, 0.1) is 5.52 Å². The van der Waals surface area contributed by atoms with Crippen LogP contribution in [0.3, 0.4) is 0 Å². The molecule has 146 valence electrons. The molecule has 2 aliphatic rings. The minimum atomic E-state index is 0.00338. The minimum absolute atomic E-state index is 0.00338. The van der Waals surface area contributed by atoms with E-state index in [0.717, 1.165) is 24.2 Å². The van der Waals surface area contributed by atoms with Crippen LogP contribution in [0.2, 0.25) is 0 Å². The van der Waals surface area contributed by atoms with Crippen molar-refractivity contribution in [3.05, 3.63) is 41.8 Å². The van der Waals surface area contributed by atoms with E-state index >= 15 is 0 Å².